The van der Waals surface area contributed by atoms with Crippen LogP contribution in [0, 0.1) is 0 Å². The number of benzene rings is 1. The first-order valence-electron chi connectivity index (χ1n) is 5.91. The fourth-order valence-electron chi connectivity index (χ4n) is 1.98. The molecule has 2 aliphatic heterocycles. The Kier molecular flexibility index (Phi) is 2.88. The van der Waals surface area contributed by atoms with Crippen LogP contribution in [0.4, 0.5) is 0 Å². The van der Waals surface area contributed by atoms with Gasteiger partial charge in [0.2, 0.25) is 11.8 Å². The SMILES string of the molecule is COc1cc(C2=NCCO2)cc(C2=NCCO2)c1. The number of hydrogen-bond acceptors (Lipinski definition) is 5. The molecule has 0 spiro atoms. The first kappa shape index (κ1) is 11.1. The quantitative estimate of drug-likeness (QED) is 0.806. The van der Waals surface area contributed by atoms with E-state index in [2.05, 4.69) is 9.98 Å². The minimum Gasteiger partial charge on any atom is -0.497 e. The van der Waals surface area contributed by atoms with Crippen molar-refractivity contribution >= 4 is 11.8 Å². The van der Waals surface area contributed by atoms with Crippen molar-refractivity contribution in [2.24, 2.45) is 9.98 Å². The van der Waals surface area contributed by atoms with E-state index in [0.717, 1.165) is 16.9 Å². The lowest BCUT2D eigenvalue weighted by molar-refractivity contribution is 0.346. The molecule has 2 heterocycles. The first-order valence-corrected chi connectivity index (χ1v) is 5.91. The number of rotatable bonds is 3. The Morgan fingerprint density at radius 3 is 1.89 bits per heavy atom. The van der Waals surface area contributed by atoms with Gasteiger partial charge in [0, 0.05) is 11.1 Å². The minimum absolute atomic E-state index is 0.638. The van der Waals surface area contributed by atoms with Gasteiger partial charge in [0.15, 0.2) is 0 Å². The molecule has 0 saturated heterocycles. The molecule has 5 nitrogen and oxygen atoms in total. The van der Waals surface area contributed by atoms with Crippen LogP contribution in [0.1, 0.15) is 11.1 Å². The second kappa shape index (κ2) is 4.68. The van der Waals surface area contributed by atoms with Crippen molar-refractivity contribution in [1.82, 2.24) is 0 Å². The molecule has 94 valence electrons. The maximum atomic E-state index is 5.47. The van der Waals surface area contributed by atoms with Crippen LogP contribution in [0.3, 0.4) is 0 Å². The average Bonchev–Trinajstić information content (AvgIpc) is 3.10. The first-order chi connectivity index (χ1) is 8.86. The molecule has 0 amide bonds. The Bertz CT molecular complexity index is 481. The largest absolute Gasteiger partial charge is 0.497 e. The molecule has 0 fully saturated rings. The molecule has 1 aromatic rings. The Labute approximate surface area is 105 Å². The van der Waals surface area contributed by atoms with Crippen LogP contribution in [0.5, 0.6) is 5.75 Å². The standard InChI is InChI=1S/C13H14N2O3/c1-16-11-7-9(12-14-2-4-17-12)6-10(8-11)13-15-3-5-18-13/h6-8H,2-5H2,1H3. The summed E-state index contributed by atoms with van der Waals surface area (Å²) in [6, 6.07) is 5.78. The van der Waals surface area contributed by atoms with E-state index in [9.17, 15) is 0 Å². The van der Waals surface area contributed by atoms with E-state index in [1.54, 1.807) is 7.11 Å². The van der Waals surface area contributed by atoms with Crippen LogP contribution in [-0.2, 0) is 9.47 Å². The molecule has 0 bridgehead atoms. The zero-order valence-corrected chi connectivity index (χ0v) is 10.2. The Balaban J connectivity index is 2.01. The zero-order valence-electron chi connectivity index (χ0n) is 10.2. The third-order valence-electron chi connectivity index (χ3n) is 2.81. The second-order valence-corrected chi connectivity index (χ2v) is 4.02. The molecule has 18 heavy (non-hydrogen) atoms. The number of hydrogen-bond donors (Lipinski definition) is 0. The summed E-state index contributed by atoms with van der Waals surface area (Å²) in [6.45, 7) is 2.69. The van der Waals surface area contributed by atoms with E-state index in [1.165, 1.54) is 0 Å². The summed E-state index contributed by atoms with van der Waals surface area (Å²) in [6.07, 6.45) is 0. The van der Waals surface area contributed by atoms with E-state index in [4.69, 9.17) is 14.2 Å². The van der Waals surface area contributed by atoms with Gasteiger partial charge in [-0.3, -0.25) is 0 Å². The molecule has 0 N–H and O–H groups in total. The van der Waals surface area contributed by atoms with Gasteiger partial charge in [-0.25, -0.2) is 9.98 Å². The van der Waals surface area contributed by atoms with Crippen LogP contribution >= 0.6 is 0 Å². The molecular formula is C13H14N2O3. The Hall–Kier alpha value is -2.04. The molecule has 3 rings (SSSR count). The van der Waals surface area contributed by atoms with Gasteiger partial charge in [0.05, 0.1) is 20.2 Å². The molecule has 0 saturated carbocycles. The fourth-order valence-corrected chi connectivity index (χ4v) is 1.98. The molecule has 0 radical (unpaired) electrons. The van der Waals surface area contributed by atoms with Crippen LogP contribution in [-0.4, -0.2) is 45.2 Å². The van der Waals surface area contributed by atoms with Gasteiger partial charge in [-0.05, 0) is 18.2 Å². The van der Waals surface area contributed by atoms with Gasteiger partial charge in [-0.15, -0.1) is 0 Å². The summed E-state index contributed by atoms with van der Waals surface area (Å²) in [4.78, 5) is 8.61. The van der Waals surface area contributed by atoms with E-state index < -0.39 is 0 Å². The molecule has 1 aromatic carbocycles. The van der Waals surface area contributed by atoms with E-state index in [-0.39, 0.29) is 0 Å². The summed E-state index contributed by atoms with van der Waals surface area (Å²) in [5, 5.41) is 0. The maximum Gasteiger partial charge on any atom is 0.216 e. The smallest absolute Gasteiger partial charge is 0.216 e. The number of ether oxygens (including phenoxy) is 3. The highest BCUT2D eigenvalue weighted by molar-refractivity contribution is 6.01. The average molecular weight is 246 g/mol. The third-order valence-corrected chi connectivity index (χ3v) is 2.81. The molecular weight excluding hydrogens is 232 g/mol. The highest BCUT2D eigenvalue weighted by Gasteiger charge is 2.17. The van der Waals surface area contributed by atoms with Crippen LogP contribution < -0.4 is 4.74 Å². The van der Waals surface area contributed by atoms with Crippen molar-refractivity contribution in [2.45, 2.75) is 0 Å². The van der Waals surface area contributed by atoms with Crippen molar-refractivity contribution in [1.29, 1.82) is 0 Å². The van der Waals surface area contributed by atoms with Crippen LogP contribution in [0.15, 0.2) is 28.2 Å². The van der Waals surface area contributed by atoms with Crippen molar-refractivity contribution in [3.05, 3.63) is 29.3 Å². The third kappa shape index (κ3) is 2.03. The minimum atomic E-state index is 0.638. The predicted molar refractivity (Wildman–Crippen MR) is 67.7 cm³/mol. The normalized spacial score (nSPS) is 17.8. The summed E-state index contributed by atoms with van der Waals surface area (Å²) in [5.74, 6) is 2.07. The summed E-state index contributed by atoms with van der Waals surface area (Å²) < 4.78 is 16.2. The van der Waals surface area contributed by atoms with Gasteiger partial charge >= 0.3 is 0 Å². The lowest BCUT2D eigenvalue weighted by atomic mass is 10.1. The van der Waals surface area contributed by atoms with Crippen LogP contribution in [0.2, 0.25) is 0 Å². The second-order valence-electron chi connectivity index (χ2n) is 4.02. The number of methoxy groups -OCH3 is 1. The molecule has 0 unspecified atom stereocenters. The highest BCUT2D eigenvalue weighted by atomic mass is 16.5. The lowest BCUT2D eigenvalue weighted by Gasteiger charge is -2.09. The topological polar surface area (TPSA) is 52.4 Å². The Morgan fingerprint density at radius 1 is 0.944 bits per heavy atom. The Morgan fingerprint density at radius 2 is 1.50 bits per heavy atom. The number of aliphatic imine (C=N–C) groups is 2. The van der Waals surface area contributed by atoms with Gasteiger partial charge < -0.3 is 14.2 Å². The predicted octanol–water partition coefficient (Wildman–Crippen LogP) is 1.25. The van der Waals surface area contributed by atoms with E-state index >= 15 is 0 Å². The van der Waals surface area contributed by atoms with Gasteiger partial charge in [-0.1, -0.05) is 0 Å². The van der Waals surface area contributed by atoms with Gasteiger partial charge in [0.1, 0.15) is 19.0 Å². The zero-order chi connectivity index (χ0) is 12.4. The summed E-state index contributed by atoms with van der Waals surface area (Å²) >= 11 is 0. The maximum absolute atomic E-state index is 5.47. The number of nitrogens with zero attached hydrogens (tertiary/aromatic N) is 2. The molecule has 5 heteroatoms. The van der Waals surface area contributed by atoms with E-state index in [0.29, 0.717) is 38.1 Å². The van der Waals surface area contributed by atoms with Crippen molar-refractivity contribution in [3.63, 3.8) is 0 Å². The highest BCUT2D eigenvalue weighted by Crippen LogP contribution is 2.21. The van der Waals surface area contributed by atoms with Gasteiger partial charge in [0.25, 0.3) is 0 Å². The monoisotopic (exact) mass is 246 g/mol. The van der Waals surface area contributed by atoms with E-state index in [1.807, 2.05) is 18.2 Å². The molecule has 2 aliphatic rings. The fraction of sp³-hybridized carbons (Fsp3) is 0.385. The molecule has 0 aromatic heterocycles. The lowest BCUT2D eigenvalue weighted by Crippen LogP contribution is -2.06. The van der Waals surface area contributed by atoms with Gasteiger partial charge in [-0.2, -0.15) is 0 Å². The van der Waals surface area contributed by atoms with Crippen LogP contribution in [0.25, 0.3) is 0 Å². The van der Waals surface area contributed by atoms with Crippen molar-refractivity contribution < 1.29 is 14.2 Å². The summed E-state index contributed by atoms with van der Waals surface area (Å²) in [5.41, 5.74) is 1.81. The van der Waals surface area contributed by atoms with Crippen molar-refractivity contribution in [2.75, 3.05) is 33.4 Å². The summed E-state index contributed by atoms with van der Waals surface area (Å²) in [7, 11) is 1.64. The van der Waals surface area contributed by atoms with Crippen molar-refractivity contribution in [3.8, 4) is 5.75 Å². The molecule has 0 aliphatic carbocycles. The molecule has 0 atom stereocenters.